The fraction of sp³-hybridized carbons (Fsp3) is 0.478. The monoisotopic (exact) mass is 494 g/mol. The highest BCUT2D eigenvalue weighted by Crippen LogP contribution is 2.50. The van der Waals surface area contributed by atoms with Crippen LogP contribution in [0.5, 0.6) is 0 Å². The van der Waals surface area contributed by atoms with E-state index in [0.29, 0.717) is 16.6 Å². The van der Waals surface area contributed by atoms with Gasteiger partial charge < -0.3 is 18.9 Å². The molecular formula is C23H22N6O7. The quantitative estimate of drug-likeness (QED) is 0.544. The molecule has 13 heteroatoms. The van der Waals surface area contributed by atoms with Crippen LogP contribution in [-0.4, -0.2) is 66.5 Å². The third-order valence-corrected chi connectivity index (χ3v) is 7.43. The summed E-state index contributed by atoms with van der Waals surface area (Å²) in [5.41, 5.74) is -0.304. The van der Waals surface area contributed by atoms with Gasteiger partial charge in [-0.3, -0.25) is 25.1 Å². The van der Waals surface area contributed by atoms with E-state index >= 15 is 0 Å². The number of nitrogens with one attached hydrogen (secondary N) is 2. The highest BCUT2D eigenvalue weighted by Gasteiger charge is 2.63. The number of imide groups is 2. The van der Waals surface area contributed by atoms with Crippen molar-refractivity contribution in [3.63, 3.8) is 0 Å². The van der Waals surface area contributed by atoms with Crippen LogP contribution in [0.15, 0.2) is 10.6 Å². The van der Waals surface area contributed by atoms with Gasteiger partial charge in [0.1, 0.15) is 18.2 Å². The van der Waals surface area contributed by atoms with Crippen LogP contribution in [0.3, 0.4) is 0 Å². The Morgan fingerprint density at radius 3 is 2.53 bits per heavy atom. The molecule has 13 nitrogen and oxygen atoms in total. The van der Waals surface area contributed by atoms with E-state index in [9.17, 15) is 24.4 Å². The average Bonchev–Trinajstić information content (AvgIpc) is 3.37. The molecule has 0 saturated carbocycles. The van der Waals surface area contributed by atoms with Crippen molar-refractivity contribution in [1.82, 2.24) is 15.8 Å². The SMILES string of the molecule is C[C@@H]1CN2c3c(cc4c(N5C(=O)OC[C@@H]5C)noc4c3C#N)CC3(C(=O)NC(=O)NC3=O)[C@H]2[C@H](C)O1. The molecule has 1 spiro atoms. The second-order valence-corrected chi connectivity index (χ2v) is 9.68. The Morgan fingerprint density at radius 2 is 1.89 bits per heavy atom. The highest BCUT2D eigenvalue weighted by atomic mass is 16.6. The van der Waals surface area contributed by atoms with E-state index in [1.165, 1.54) is 4.90 Å². The first-order chi connectivity index (χ1) is 17.2. The smallest absolute Gasteiger partial charge is 0.416 e. The maximum atomic E-state index is 13.4. The van der Waals surface area contributed by atoms with Crippen molar-refractivity contribution < 1.29 is 33.2 Å². The van der Waals surface area contributed by atoms with Gasteiger partial charge in [0.2, 0.25) is 11.8 Å². The van der Waals surface area contributed by atoms with Gasteiger partial charge in [-0.25, -0.2) is 9.59 Å². The molecule has 4 aliphatic rings. The number of cyclic esters (lactones) is 1. The topological polar surface area (TPSA) is 167 Å². The summed E-state index contributed by atoms with van der Waals surface area (Å²) in [5.74, 6) is -1.28. The summed E-state index contributed by atoms with van der Waals surface area (Å²) < 4.78 is 16.7. The first-order valence-corrected chi connectivity index (χ1v) is 11.6. The summed E-state index contributed by atoms with van der Waals surface area (Å²) in [5, 5.41) is 19.2. The lowest BCUT2D eigenvalue weighted by molar-refractivity contribution is -0.153. The molecule has 3 saturated heterocycles. The lowest BCUT2D eigenvalue weighted by Crippen LogP contribution is -2.75. The number of aromatic nitrogens is 1. The first-order valence-electron chi connectivity index (χ1n) is 11.6. The molecule has 2 N–H and O–H groups in total. The lowest BCUT2D eigenvalue weighted by Gasteiger charge is -2.55. The van der Waals surface area contributed by atoms with E-state index in [1.807, 2.05) is 11.8 Å². The molecule has 2 aromatic rings. The van der Waals surface area contributed by atoms with Crippen molar-refractivity contribution in [1.29, 1.82) is 5.26 Å². The predicted octanol–water partition coefficient (Wildman–Crippen LogP) is 0.935. The third-order valence-electron chi connectivity index (χ3n) is 7.43. The molecule has 0 aliphatic carbocycles. The lowest BCUT2D eigenvalue weighted by atomic mass is 9.66. The number of nitrogens with zero attached hydrogens (tertiary/aromatic N) is 4. The van der Waals surface area contributed by atoms with Crippen LogP contribution in [-0.2, 0) is 25.5 Å². The van der Waals surface area contributed by atoms with Gasteiger partial charge in [0.05, 0.1) is 35.4 Å². The molecule has 0 bridgehead atoms. The maximum absolute atomic E-state index is 13.4. The van der Waals surface area contributed by atoms with Crippen LogP contribution in [0, 0.1) is 16.7 Å². The number of hydrogen-bond acceptors (Lipinski definition) is 10. The summed E-state index contributed by atoms with van der Waals surface area (Å²) in [7, 11) is 0. The van der Waals surface area contributed by atoms with Gasteiger partial charge >= 0.3 is 12.1 Å². The number of carbonyl (C=O) groups is 4. The fourth-order valence-corrected chi connectivity index (χ4v) is 6.08. The summed E-state index contributed by atoms with van der Waals surface area (Å²) in [4.78, 5) is 54.2. The van der Waals surface area contributed by atoms with Crippen LogP contribution < -0.4 is 20.4 Å². The normalized spacial score (nSPS) is 28.9. The number of urea groups is 1. The van der Waals surface area contributed by atoms with E-state index in [1.54, 1.807) is 19.9 Å². The number of barbiturate groups is 1. The van der Waals surface area contributed by atoms with E-state index in [0.717, 1.165) is 0 Å². The van der Waals surface area contributed by atoms with Crippen LogP contribution in [0.2, 0.25) is 0 Å². The van der Waals surface area contributed by atoms with Gasteiger partial charge in [-0.15, -0.1) is 0 Å². The Kier molecular flexibility index (Phi) is 4.59. The molecule has 1 aromatic heterocycles. The molecule has 0 radical (unpaired) electrons. The Morgan fingerprint density at radius 1 is 1.17 bits per heavy atom. The van der Waals surface area contributed by atoms with Gasteiger partial charge in [0.15, 0.2) is 16.8 Å². The number of benzene rings is 1. The molecule has 1 aromatic carbocycles. The first kappa shape index (κ1) is 22.3. The second kappa shape index (κ2) is 7.41. The van der Waals surface area contributed by atoms with Crippen molar-refractivity contribution >= 4 is 46.4 Å². The molecule has 36 heavy (non-hydrogen) atoms. The summed E-state index contributed by atoms with van der Waals surface area (Å²) in [6.07, 6.45) is -1.56. The highest BCUT2D eigenvalue weighted by molar-refractivity contribution is 6.20. The molecule has 3 fully saturated rings. The van der Waals surface area contributed by atoms with Crippen molar-refractivity contribution in [2.24, 2.45) is 5.41 Å². The molecule has 5 heterocycles. The molecule has 5 amide bonds. The molecule has 4 atom stereocenters. The number of fused-ring (bicyclic) bond motifs is 5. The number of hydrogen-bond donors (Lipinski definition) is 2. The van der Waals surface area contributed by atoms with E-state index in [-0.39, 0.29) is 48.7 Å². The number of rotatable bonds is 1. The Balaban J connectivity index is 1.62. The van der Waals surface area contributed by atoms with Gasteiger partial charge in [0, 0.05) is 6.54 Å². The number of carbonyl (C=O) groups excluding carboxylic acids is 4. The van der Waals surface area contributed by atoms with Gasteiger partial charge in [-0.2, -0.15) is 5.26 Å². The van der Waals surface area contributed by atoms with Crippen LogP contribution >= 0.6 is 0 Å². The minimum Gasteiger partial charge on any atom is -0.447 e. The van der Waals surface area contributed by atoms with Crippen LogP contribution in [0.4, 0.5) is 21.1 Å². The molecule has 186 valence electrons. The number of anilines is 2. The van der Waals surface area contributed by atoms with Crippen molar-refractivity contribution in [3.05, 3.63) is 17.2 Å². The molecule has 0 unspecified atom stereocenters. The second-order valence-electron chi connectivity index (χ2n) is 9.68. The molecular weight excluding hydrogens is 472 g/mol. The zero-order valence-corrected chi connectivity index (χ0v) is 19.7. The van der Waals surface area contributed by atoms with E-state index in [2.05, 4.69) is 21.9 Å². The Hall–Kier alpha value is -4.18. The van der Waals surface area contributed by atoms with E-state index in [4.69, 9.17) is 14.0 Å². The molecule has 6 rings (SSSR count). The zero-order chi connectivity index (χ0) is 25.5. The Labute approximate surface area is 204 Å². The van der Waals surface area contributed by atoms with Crippen molar-refractivity contribution in [3.8, 4) is 6.07 Å². The number of amides is 5. The third kappa shape index (κ3) is 2.75. The minimum absolute atomic E-state index is 0.105. The standard InChI is InChI=1S/C23H22N6O7/c1-9-8-34-22(33)29(9)18-13-4-12-5-23(19(30)25-21(32)26-20(23)31)17-11(3)35-10(2)7-28(17)15(12)14(6-24)16(13)36-27-18/h4,9-11,17H,5,7-8H2,1-3H3,(H2,25,26,30,31,32)/t9-,10+,11-,17+/m0/s1. The largest absolute Gasteiger partial charge is 0.447 e. The minimum atomic E-state index is -1.70. The number of nitriles is 1. The predicted molar refractivity (Wildman–Crippen MR) is 121 cm³/mol. The van der Waals surface area contributed by atoms with Crippen molar-refractivity contribution in [2.75, 3.05) is 23.0 Å². The zero-order valence-electron chi connectivity index (χ0n) is 19.7. The average molecular weight is 494 g/mol. The van der Waals surface area contributed by atoms with Crippen molar-refractivity contribution in [2.45, 2.75) is 51.5 Å². The van der Waals surface area contributed by atoms with Crippen LogP contribution in [0.1, 0.15) is 31.9 Å². The van der Waals surface area contributed by atoms with E-state index < -0.39 is 41.5 Å². The van der Waals surface area contributed by atoms with Gasteiger partial charge in [-0.1, -0.05) is 5.16 Å². The maximum Gasteiger partial charge on any atom is 0.416 e. The summed E-state index contributed by atoms with van der Waals surface area (Å²) >= 11 is 0. The summed E-state index contributed by atoms with van der Waals surface area (Å²) in [6, 6.07) is 1.89. The Bertz CT molecular complexity index is 1390. The van der Waals surface area contributed by atoms with Gasteiger partial charge in [-0.05, 0) is 38.8 Å². The van der Waals surface area contributed by atoms with Gasteiger partial charge in [0.25, 0.3) is 0 Å². The number of ether oxygens (including phenoxy) is 2. The molecule has 4 aliphatic heterocycles. The van der Waals surface area contributed by atoms with Crippen LogP contribution in [0.25, 0.3) is 11.0 Å². The number of morpholine rings is 1. The fourth-order valence-electron chi connectivity index (χ4n) is 6.08. The summed E-state index contributed by atoms with van der Waals surface area (Å²) in [6.45, 7) is 5.87.